The topological polar surface area (TPSA) is 98.1 Å². The molecule has 134 valence electrons. The smallest absolute Gasteiger partial charge is 0.213 e. The Morgan fingerprint density at radius 3 is 2.46 bits per heavy atom. The monoisotopic (exact) mass is 369 g/mol. The molecule has 1 aromatic heterocycles. The van der Waals surface area contributed by atoms with E-state index in [1.165, 1.54) is 0 Å². The Morgan fingerprint density at radius 1 is 1.15 bits per heavy atom. The predicted octanol–water partition coefficient (Wildman–Crippen LogP) is 2.55. The Bertz CT molecular complexity index is 1080. The number of hydrogen-bond donors (Lipinski definition) is 1. The second-order valence-electron chi connectivity index (χ2n) is 6.12. The predicted molar refractivity (Wildman–Crippen MR) is 100 cm³/mol. The van der Waals surface area contributed by atoms with Crippen molar-refractivity contribution in [1.82, 2.24) is 4.57 Å². The number of rotatable bonds is 6. The van der Waals surface area contributed by atoms with Gasteiger partial charge in [0.1, 0.15) is 5.75 Å². The highest BCUT2D eigenvalue weighted by atomic mass is 32.2. The first-order valence-corrected chi connectivity index (χ1v) is 9.72. The quantitative estimate of drug-likeness (QED) is 0.722. The van der Waals surface area contributed by atoms with Gasteiger partial charge in [0.25, 0.3) is 0 Å². The molecule has 6 nitrogen and oxygen atoms in total. The average Bonchev–Trinajstić information content (AvgIpc) is 2.91. The van der Waals surface area contributed by atoms with Crippen molar-refractivity contribution >= 4 is 20.9 Å². The SMILES string of the molecule is COc1ccc(Cn2cc(CC#N)c3cc(CS(N)(=O)=O)ccc32)cc1. The number of fused-ring (bicyclic) bond motifs is 1. The molecule has 0 aliphatic carbocycles. The van der Waals surface area contributed by atoms with Gasteiger partial charge in [0, 0.05) is 23.6 Å². The zero-order valence-corrected chi connectivity index (χ0v) is 15.2. The van der Waals surface area contributed by atoms with Gasteiger partial charge in [0.2, 0.25) is 10.0 Å². The molecule has 3 aromatic rings. The van der Waals surface area contributed by atoms with E-state index in [1.807, 2.05) is 36.5 Å². The Hall–Kier alpha value is -2.82. The first kappa shape index (κ1) is 18.0. The lowest BCUT2D eigenvalue weighted by Crippen LogP contribution is -2.14. The summed E-state index contributed by atoms with van der Waals surface area (Å²) in [6.45, 7) is 0.639. The minimum atomic E-state index is -3.60. The van der Waals surface area contributed by atoms with Gasteiger partial charge < -0.3 is 9.30 Å². The average molecular weight is 369 g/mol. The van der Waals surface area contributed by atoms with E-state index in [-0.39, 0.29) is 12.2 Å². The van der Waals surface area contributed by atoms with Gasteiger partial charge in [-0.25, -0.2) is 13.6 Å². The Morgan fingerprint density at radius 2 is 1.85 bits per heavy atom. The standard InChI is InChI=1S/C19H19N3O3S/c1-25-17-5-2-14(3-6-17)11-22-12-16(8-9-20)18-10-15(4-7-19(18)22)13-26(21,23)24/h2-7,10,12H,8,11,13H2,1H3,(H2,21,23,24). The number of benzene rings is 2. The van der Waals surface area contributed by atoms with E-state index in [1.54, 1.807) is 19.2 Å². The lowest BCUT2D eigenvalue weighted by Gasteiger charge is -2.07. The summed E-state index contributed by atoms with van der Waals surface area (Å²) >= 11 is 0. The highest BCUT2D eigenvalue weighted by Gasteiger charge is 2.12. The molecule has 0 atom stereocenters. The molecule has 0 radical (unpaired) electrons. The maximum atomic E-state index is 11.4. The van der Waals surface area contributed by atoms with Crippen molar-refractivity contribution in [2.75, 3.05) is 7.11 Å². The fourth-order valence-electron chi connectivity index (χ4n) is 3.02. The zero-order valence-electron chi connectivity index (χ0n) is 14.3. The summed E-state index contributed by atoms with van der Waals surface area (Å²) in [4.78, 5) is 0. The molecular weight excluding hydrogens is 350 g/mol. The number of aromatic nitrogens is 1. The molecule has 0 saturated carbocycles. The van der Waals surface area contributed by atoms with Crippen LogP contribution in [0.2, 0.25) is 0 Å². The van der Waals surface area contributed by atoms with Crippen molar-refractivity contribution < 1.29 is 13.2 Å². The summed E-state index contributed by atoms with van der Waals surface area (Å²) in [5.74, 6) is 0.572. The Labute approximate surface area is 152 Å². The van der Waals surface area contributed by atoms with Crippen molar-refractivity contribution in [3.05, 3.63) is 65.4 Å². The van der Waals surface area contributed by atoms with Crippen molar-refractivity contribution in [2.45, 2.75) is 18.7 Å². The largest absolute Gasteiger partial charge is 0.497 e. The van der Waals surface area contributed by atoms with Crippen molar-refractivity contribution in [2.24, 2.45) is 5.14 Å². The van der Waals surface area contributed by atoms with E-state index in [0.29, 0.717) is 12.1 Å². The number of methoxy groups -OCH3 is 1. The van der Waals surface area contributed by atoms with Gasteiger partial charge in [-0.1, -0.05) is 18.2 Å². The number of hydrogen-bond acceptors (Lipinski definition) is 4. The third-order valence-electron chi connectivity index (χ3n) is 4.18. The van der Waals surface area contributed by atoms with Gasteiger partial charge >= 0.3 is 0 Å². The third kappa shape index (κ3) is 4.04. The molecule has 26 heavy (non-hydrogen) atoms. The van der Waals surface area contributed by atoms with Crippen LogP contribution >= 0.6 is 0 Å². The number of primary sulfonamides is 1. The molecule has 0 aliphatic rings. The van der Waals surface area contributed by atoms with Gasteiger partial charge in [-0.2, -0.15) is 5.26 Å². The fourth-order valence-corrected chi connectivity index (χ4v) is 3.67. The first-order valence-electron chi connectivity index (χ1n) is 8.00. The van der Waals surface area contributed by atoms with Gasteiger partial charge in [-0.15, -0.1) is 0 Å². The summed E-state index contributed by atoms with van der Waals surface area (Å²) in [5.41, 5.74) is 3.53. The Balaban J connectivity index is 2.01. The Kier molecular flexibility index (Phi) is 4.98. The fraction of sp³-hybridized carbons (Fsp3) is 0.211. The molecule has 0 bridgehead atoms. The second-order valence-corrected chi connectivity index (χ2v) is 7.74. The highest BCUT2D eigenvalue weighted by Crippen LogP contribution is 2.25. The third-order valence-corrected chi connectivity index (χ3v) is 4.91. The van der Waals surface area contributed by atoms with Crippen LogP contribution in [0.25, 0.3) is 10.9 Å². The van der Waals surface area contributed by atoms with E-state index >= 15 is 0 Å². The van der Waals surface area contributed by atoms with E-state index in [0.717, 1.165) is 27.8 Å². The minimum absolute atomic E-state index is 0.224. The maximum absolute atomic E-state index is 11.4. The molecule has 0 spiro atoms. The maximum Gasteiger partial charge on any atom is 0.213 e. The van der Waals surface area contributed by atoms with E-state index in [2.05, 4.69) is 10.6 Å². The van der Waals surface area contributed by atoms with Gasteiger partial charge in [-0.05, 0) is 41.0 Å². The summed E-state index contributed by atoms with van der Waals surface area (Å²) in [5, 5.41) is 15.1. The van der Waals surface area contributed by atoms with Crippen molar-refractivity contribution in [3.63, 3.8) is 0 Å². The number of nitriles is 1. The van der Waals surface area contributed by atoms with Crippen LogP contribution < -0.4 is 9.88 Å². The molecule has 0 saturated heterocycles. The van der Waals surface area contributed by atoms with Gasteiger partial charge in [0.05, 0.1) is 25.4 Å². The molecule has 2 N–H and O–H groups in total. The van der Waals surface area contributed by atoms with Crippen LogP contribution in [0.15, 0.2) is 48.7 Å². The summed E-state index contributed by atoms with van der Waals surface area (Å²) in [6, 6.07) is 15.4. The molecule has 0 amide bonds. The van der Waals surface area contributed by atoms with Crippen LogP contribution in [0.4, 0.5) is 0 Å². The van der Waals surface area contributed by atoms with E-state index in [4.69, 9.17) is 15.1 Å². The van der Waals surface area contributed by atoms with Crippen LogP contribution in [-0.2, 0) is 28.7 Å². The zero-order chi connectivity index (χ0) is 18.7. The molecule has 1 heterocycles. The van der Waals surface area contributed by atoms with Gasteiger partial charge in [-0.3, -0.25) is 0 Å². The molecule has 3 rings (SSSR count). The van der Waals surface area contributed by atoms with Crippen LogP contribution in [-0.4, -0.2) is 20.1 Å². The normalized spacial score (nSPS) is 11.4. The minimum Gasteiger partial charge on any atom is -0.497 e. The molecule has 7 heteroatoms. The second kappa shape index (κ2) is 7.20. The van der Waals surface area contributed by atoms with Crippen LogP contribution in [0.5, 0.6) is 5.75 Å². The van der Waals surface area contributed by atoms with Crippen LogP contribution in [0.1, 0.15) is 16.7 Å². The summed E-state index contributed by atoms with van der Waals surface area (Å²) in [7, 11) is -1.98. The van der Waals surface area contributed by atoms with Crippen molar-refractivity contribution in [1.29, 1.82) is 5.26 Å². The molecule has 0 aliphatic heterocycles. The number of nitrogens with two attached hydrogens (primary N) is 1. The van der Waals surface area contributed by atoms with Crippen molar-refractivity contribution in [3.8, 4) is 11.8 Å². The molecule has 0 unspecified atom stereocenters. The summed E-state index contributed by atoms with van der Waals surface area (Å²) < 4.78 is 29.9. The first-order chi connectivity index (χ1) is 12.4. The molecular formula is C19H19N3O3S. The van der Waals surface area contributed by atoms with Gasteiger partial charge in [0.15, 0.2) is 0 Å². The van der Waals surface area contributed by atoms with Crippen LogP contribution in [0.3, 0.4) is 0 Å². The lowest BCUT2D eigenvalue weighted by atomic mass is 10.1. The van der Waals surface area contributed by atoms with Crippen LogP contribution in [0, 0.1) is 11.3 Å². The lowest BCUT2D eigenvalue weighted by molar-refractivity contribution is 0.414. The van der Waals surface area contributed by atoms with E-state index in [9.17, 15) is 8.42 Å². The summed E-state index contributed by atoms with van der Waals surface area (Å²) in [6.07, 6.45) is 2.20. The number of ether oxygens (including phenoxy) is 1. The molecule has 2 aromatic carbocycles. The molecule has 0 fully saturated rings. The van der Waals surface area contributed by atoms with E-state index < -0.39 is 10.0 Å². The highest BCUT2D eigenvalue weighted by molar-refractivity contribution is 7.88. The number of sulfonamides is 1. The number of nitrogens with zero attached hydrogens (tertiary/aromatic N) is 2.